The Bertz CT molecular complexity index is 599. The molecule has 92 valence electrons. The molecule has 0 bridgehead atoms. The van der Waals surface area contributed by atoms with Gasteiger partial charge in [-0.1, -0.05) is 13.8 Å². The Labute approximate surface area is 104 Å². The Morgan fingerprint density at radius 1 is 1.33 bits per heavy atom. The second kappa shape index (κ2) is 2.99. The lowest BCUT2D eigenvalue weighted by molar-refractivity contribution is -0.125. The normalized spacial score (nSPS) is 28.2. The van der Waals surface area contributed by atoms with Gasteiger partial charge in [0.2, 0.25) is 11.8 Å². The summed E-state index contributed by atoms with van der Waals surface area (Å²) in [6.07, 6.45) is 1.37. The van der Waals surface area contributed by atoms with Crippen molar-refractivity contribution in [3.05, 3.63) is 11.8 Å². The van der Waals surface area contributed by atoms with E-state index in [9.17, 15) is 9.59 Å². The predicted octanol–water partition coefficient (Wildman–Crippen LogP) is 0.437. The highest BCUT2D eigenvalue weighted by molar-refractivity contribution is 6.25. The van der Waals surface area contributed by atoms with E-state index in [1.165, 1.54) is 10.9 Å². The van der Waals surface area contributed by atoms with Crippen LogP contribution in [0.4, 0.5) is 5.82 Å². The molecule has 1 aliphatic heterocycles. The van der Waals surface area contributed by atoms with Gasteiger partial charge in [0, 0.05) is 7.05 Å². The summed E-state index contributed by atoms with van der Waals surface area (Å²) in [6, 6.07) is 1.96. The van der Waals surface area contributed by atoms with Crippen LogP contribution in [0.2, 0.25) is 0 Å². The van der Waals surface area contributed by atoms with E-state index in [2.05, 4.69) is 5.10 Å². The van der Waals surface area contributed by atoms with Gasteiger partial charge in [-0.25, -0.2) is 4.90 Å². The van der Waals surface area contributed by atoms with Crippen LogP contribution in [0.1, 0.15) is 19.4 Å². The fraction of sp³-hybridized carbons (Fsp3) is 0.500. The van der Waals surface area contributed by atoms with Gasteiger partial charge in [0.1, 0.15) is 11.6 Å². The summed E-state index contributed by atoms with van der Waals surface area (Å²) in [5.41, 5.74) is 0.00842. The van der Waals surface area contributed by atoms with Crippen LogP contribution in [0.5, 0.6) is 0 Å². The number of aromatic nitrogens is 2. The first-order valence-electron chi connectivity index (χ1n) is 5.71. The topological polar surface area (TPSA) is 79.0 Å². The Hall–Kier alpha value is -2.16. The highest BCUT2D eigenvalue weighted by Crippen LogP contribution is 2.63. The molecule has 1 saturated heterocycles. The lowest BCUT2D eigenvalue weighted by Crippen LogP contribution is -2.38. The lowest BCUT2D eigenvalue weighted by Gasteiger charge is -2.20. The number of nitriles is 1. The van der Waals surface area contributed by atoms with Crippen LogP contribution >= 0.6 is 0 Å². The van der Waals surface area contributed by atoms with E-state index in [-0.39, 0.29) is 40.4 Å². The first kappa shape index (κ1) is 11.0. The van der Waals surface area contributed by atoms with Crippen molar-refractivity contribution in [2.75, 3.05) is 4.90 Å². The molecule has 2 fully saturated rings. The number of aryl methyl sites for hydroxylation is 1. The van der Waals surface area contributed by atoms with E-state index < -0.39 is 0 Å². The maximum atomic E-state index is 12.2. The maximum Gasteiger partial charge on any atom is 0.239 e. The highest BCUT2D eigenvalue weighted by Gasteiger charge is 2.73. The molecule has 2 heterocycles. The number of hydrogen-bond acceptors (Lipinski definition) is 4. The SMILES string of the molecule is Cn1ncc(C#N)c1N1C(=O)C2C(C1=O)C2(C)C. The number of fused-ring (bicyclic) bond motifs is 1. The summed E-state index contributed by atoms with van der Waals surface area (Å²) in [7, 11) is 1.62. The number of carbonyl (C=O) groups is 2. The molecule has 2 unspecified atom stereocenters. The van der Waals surface area contributed by atoms with Gasteiger partial charge in [-0.2, -0.15) is 10.4 Å². The molecule has 1 saturated carbocycles. The highest BCUT2D eigenvalue weighted by atomic mass is 16.2. The Balaban J connectivity index is 2.07. The summed E-state index contributed by atoms with van der Waals surface area (Å²) < 4.78 is 1.39. The average molecular weight is 244 g/mol. The molecule has 1 aromatic heterocycles. The molecule has 18 heavy (non-hydrogen) atoms. The molecule has 6 heteroatoms. The number of imide groups is 1. The van der Waals surface area contributed by atoms with Crippen LogP contribution in [0.25, 0.3) is 0 Å². The first-order valence-corrected chi connectivity index (χ1v) is 5.71. The van der Waals surface area contributed by atoms with Crippen LogP contribution in [0, 0.1) is 28.6 Å². The van der Waals surface area contributed by atoms with Crippen molar-refractivity contribution >= 4 is 17.6 Å². The minimum atomic E-state index is -0.244. The zero-order valence-corrected chi connectivity index (χ0v) is 10.3. The number of amides is 2. The minimum Gasteiger partial charge on any atom is -0.274 e. The molecule has 2 atom stereocenters. The van der Waals surface area contributed by atoms with E-state index in [0.29, 0.717) is 0 Å². The van der Waals surface area contributed by atoms with Crippen molar-refractivity contribution in [2.45, 2.75) is 13.8 Å². The zero-order chi connectivity index (χ0) is 13.2. The summed E-state index contributed by atoms with van der Waals surface area (Å²) in [6.45, 7) is 3.84. The van der Waals surface area contributed by atoms with Gasteiger partial charge in [0.25, 0.3) is 0 Å². The summed E-state index contributed by atoms with van der Waals surface area (Å²) in [4.78, 5) is 25.6. The van der Waals surface area contributed by atoms with Gasteiger partial charge in [0.05, 0.1) is 18.0 Å². The van der Waals surface area contributed by atoms with Crippen LogP contribution < -0.4 is 4.90 Å². The number of carbonyl (C=O) groups excluding carboxylic acids is 2. The quantitative estimate of drug-likeness (QED) is 0.671. The molecule has 2 aliphatic rings. The van der Waals surface area contributed by atoms with Crippen molar-refractivity contribution in [1.29, 1.82) is 5.26 Å². The molecule has 1 aromatic rings. The monoisotopic (exact) mass is 244 g/mol. The number of rotatable bonds is 1. The molecule has 6 nitrogen and oxygen atoms in total. The van der Waals surface area contributed by atoms with Gasteiger partial charge in [-0.15, -0.1) is 0 Å². The van der Waals surface area contributed by atoms with Gasteiger partial charge < -0.3 is 0 Å². The molecule has 3 rings (SSSR count). The molecule has 0 aromatic carbocycles. The third-order valence-electron chi connectivity index (χ3n) is 4.04. The van der Waals surface area contributed by atoms with Gasteiger partial charge in [0.15, 0.2) is 5.82 Å². The molecule has 0 spiro atoms. The van der Waals surface area contributed by atoms with Crippen LogP contribution in [-0.4, -0.2) is 21.6 Å². The molecule has 2 amide bonds. The van der Waals surface area contributed by atoms with Crippen molar-refractivity contribution in [3.63, 3.8) is 0 Å². The lowest BCUT2D eigenvalue weighted by atomic mass is 10.1. The Morgan fingerprint density at radius 2 is 1.89 bits per heavy atom. The Morgan fingerprint density at radius 3 is 2.39 bits per heavy atom. The third kappa shape index (κ3) is 1.04. The Kier molecular flexibility index (Phi) is 1.82. The fourth-order valence-corrected chi connectivity index (χ4v) is 2.93. The smallest absolute Gasteiger partial charge is 0.239 e. The van der Waals surface area contributed by atoms with Crippen molar-refractivity contribution in [1.82, 2.24) is 9.78 Å². The van der Waals surface area contributed by atoms with Gasteiger partial charge in [-0.05, 0) is 5.41 Å². The van der Waals surface area contributed by atoms with Crippen molar-refractivity contribution < 1.29 is 9.59 Å². The first-order chi connectivity index (χ1) is 8.41. The van der Waals surface area contributed by atoms with Crippen molar-refractivity contribution in [3.8, 4) is 6.07 Å². The standard InChI is InChI=1S/C12H12N4O2/c1-12(2)7-8(12)11(18)16(10(7)17)9-6(4-13)5-14-15(9)3/h5,7-8H,1-3H3. The summed E-state index contributed by atoms with van der Waals surface area (Å²) in [5.74, 6) is -0.626. The van der Waals surface area contributed by atoms with E-state index in [1.54, 1.807) is 7.05 Å². The van der Waals surface area contributed by atoms with E-state index in [4.69, 9.17) is 5.26 Å². The number of piperidine rings is 1. The third-order valence-corrected chi connectivity index (χ3v) is 4.04. The largest absolute Gasteiger partial charge is 0.274 e. The van der Waals surface area contributed by atoms with Gasteiger partial charge >= 0.3 is 0 Å². The fourth-order valence-electron chi connectivity index (χ4n) is 2.93. The second-order valence-corrected chi connectivity index (χ2v) is 5.41. The van der Waals surface area contributed by atoms with E-state index >= 15 is 0 Å². The number of nitrogens with zero attached hydrogens (tertiary/aromatic N) is 4. The molecule has 0 N–H and O–H groups in total. The van der Waals surface area contributed by atoms with Crippen LogP contribution in [-0.2, 0) is 16.6 Å². The molecular formula is C12H12N4O2. The van der Waals surface area contributed by atoms with Crippen molar-refractivity contribution in [2.24, 2.45) is 24.3 Å². The summed E-state index contributed by atoms with van der Waals surface area (Å²) >= 11 is 0. The average Bonchev–Trinajstić information content (AvgIpc) is 2.56. The van der Waals surface area contributed by atoms with Gasteiger partial charge in [-0.3, -0.25) is 14.3 Å². The predicted molar refractivity (Wildman–Crippen MR) is 61.2 cm³/mol. The summed E-state index contributed by atoms with van der Waals surface area (Å²) in [5, 5.41) is 12.9. The van der Waals surface area contributed by atoms with Crippen LogP contribution in [0.15, 0.2) is 6.20 Å². The zero-order valence-electron chi connectivity index (χ0n) is 10.3. The number of hydrogen-bond donors (Lipinski definition) is 0. The molecule has 0 radical (unpaired) electrons. The van der Waals surface area contributed by atoms with E-state index in [1.807, 2.05) is 19.9 Å². The minimum absolute atomic E-state index is 0.213. The number of anilines is 1. The maximum absolute atomic E-state index is 12.2. The van der Waals surface area contributed by atoms with Crippen LogP contribution in [0.3, 0.4) is 0 Å². The second-order valence-electron chi connectivity index (χ2n) is 5.41. The van der Waals surface area contributed by atoms with E-state index in [0.717, 1.165) is 4.90 Å². The molecule has 1 aliphatic carbocycles. The molecular weight excluding hydrogens is 232 g/mol.